The third kappa shape index (κ3) is 12.7. The Labute approximate surface area is 299 Å². The molecule has 0 bridgehead atoms. The van der Waals surface area contributed by atoms with E-state index in [0.717, 1.165) is 4.90 Å². The molecule has 1 aromatic carbocycles. The molecule has 3 atom stereocenters. The molecule has 2 heterocycles. The second-order valence-corrected chi connectivity index (χ2v) is 12.2. The first-order valence-electron chi connectivity index (χ1n) is 16.7. The van der Waals surface area contributed by atoms with Crippen molar-refractivity contribution in [2.75, 3.05) is 38.0 Å². The Morgan fingerprint density at radius 1 is 0.788 bits per heavy atom. The molecule has 19 heteroatoms. The highest BCUT2D eigenvalue weighted by Crippen LogP contribution is 2.13. The van der Waals surface area contributed by atoms with Crippen LogP contribution in [0.2, 0.25) is 0 Å². The Morgan fingerprint density at radius 3 is 1.96 bits per heavy atom. The third-order valence-corrected chi connectivity index (χ3v) is 8.14. The van der Waals surface area contributed by atoms with Gasteiger partial charge < -0.3 is 46.6 Å². The van der Waals surface area contributed by atoms with Gasteiger partial charge in [0.05, 0.1) is 6.42 Å². The maximum atomic E-state index is 13.0. The number of hydrogen-bond acceptors (Lipinski definition) is 10. The molecule has 7 N–H and O–H groups in total. The van der Waals surface area contributed by atoms with Crippen LogP contribution in [0.4, 0.5) is 15.3 Å². The minimum atomic E-state index is -1.39. The van der Waals surface area contributed by atoms with E-state index >= 15 is 0 Å². The molecule has 0 unspecified atom stereocenters. The van der Waals surface area contributed by atoms with Gasteiger partial charge in [-0.2, -0.15) is 0 Å². The van der Waals surface area contributed by atoms with Crippen molar-refractivity contribution in [3.63, 3.8) is 0 Å². The summed E-state index contributed by atoms with van der Waals surface area (Å²) in [5.41, 5.74) is 6.19. The monoisotopic (exact) mass is 728 g/mol. The Bertz CT molecular complexity index is 1540. The standard InChI is InChI=1S/C33H44N8O11/c1-20(35-26(43)6-4-3-5-13-41-27(44)11-12-28(41)45)29(46)36-21(2)30(47)38-24(18-25(34)42)31(48)37-23-9-7-22(8-10-23)19-52-33(51)40-16-14-39(15-17-40)32(49)50/h7-12,20-21,24H,3-6,13-19H2,1-2H3,(H2,34,42)(H,35,43)(H,36,46)(H,37,48)(H,38,47)(H,49,50)/t20-,21-,24-/m0/s1. The number of unbranched alkanes of at least 4 members (excludes halogenated alkanes) is 2. The lowest BCUT2D eigenvalue weighted by molar-refractivity contribution is -0.137. The minimum absolute atomic E-state index is 0.0796. The van der Waals surface area contributed by atoms with E-state index in [1.807, 2.05) is 0 Å². The van der Waals surface area contributed by atoms with Crippen molar-refractivity contribution in [2.24, 2.45) is 5.73 Å². The largest absolute Gasteiger partial charge is 0.465 e. The topological polar surface area (TPSA) is 267 Å². The highest BCUT2D eigenvalue weighted by Gasteiger charge is 2.28. The van der Waals surface area contributed by atoms with Gasteiger partial charge in [0.15, 0.2) is 0 Å². The fourth-order valence-corrected chi connectivity index (χ4v) is 5.10. The van der Waals surface area contributed by atoms with Crippen LogP contribution in [-0.4, -0.2) is 124 Å². The summed E-state index contributed by atoms with van der Waals surface area (Å²) < 4.78 is 5.30. The number of rotatable bonds is 17. The Morgan fingerprint density at radius 2 is 1.37 bits per heavy atom. The summed E-state index contributed by atoms with van der Waals surface area (Å²) >= 11 is 0. The molecular weight excluding hydrogens is 684 g/mol. The molecular formula is C33H44N8O11. The fourth-order valence-electron chi connectivity index (χ4n) is 5.10. The average molecular weight is 729 g/mol. The highest BCUT2D eigenvalue weighted by molar-refractivity contribution is 6.12. The van der Waals surface area contributed by atoms with Crippen molar-refractivity contribution >= 4 is 59.2 Å². The number of nitrogens with one attached hydrogen (secondary N) is 4. The number of hydrogen-bond donors (Lipinski definition) is 6. The number of piperazine rings is 1. The molecule has 0 spiro atoms. The van der Waals surface area contributed by atoms with Gasteiger partial charge in [0.2, 0.25) is 29.5 Å². The number of imide groups is 1. The van der Waals surface area contributed by atoms with Crippen LogP contribution in [0.1, 0.15) is 51.5 Å². The van der Waals surface area contributed by atoms with Crippen LogP contribution >= 0.6 is 0 Å². The molecule has 0 saturated carbocycles. The number of anilines is 1. The average Bonchev–Trinajstić information content (AvgIpc) is 3.42. The fraction of sp³-hybridized carbons (Fsp3) is 0.485. The van der Waals surface area contributed by atoms with Gasteiger partial charge in [-0.15, -0.1) is 0 Å². The lowest BCUT2D eigenvalue weighted by atomic mass is 10.1. The second-order valence-electron chi connectivity index (χ2n) is 12.2. The highest BCUT2D eigenvalue weighted by atomic mass is 16.6. The molecule has 0 radical (unpaired) electrons. The minimum Gasteiger partial charge on any atom is -0.465 e. The number of nitrogens with two attached hydrogens (primary N) is 1. The zero-order valence-corrected chi connectivity index (χ0v) is 28.9. The molecule has 1 aromatic rings. The Hall–Kier alpha value is -6.01. The number of carboxylic acid groups (broad SMARTS) is 1. The molecule has 3 rings (SSSR count). The van der Waals surface area contributed by atoms with Crippen LogP contribution in [0.25, 0.3) is 0 Å². The van der Waals surface area contributed by atoms with E-state index in [2.05, 4.69) is 21.3 Å². The zero-order valence-electron chi connectivity index (χ0n) is 28.9. The summed E-state index contributed by atoms with van der Waals surface area (Å²) in [4.78, 5) is 113. The number of ether oxygens (including phenoxy) is 1. The SMILES string of the molecule is C[C@H](NC(=O)CCCCCN1C(=O)C=CC1=O)C(=O)N[C@@H](C)C(=O)N[C@@H](CC(N)=O)C(=O)Nc1ccc(COC(=O)N2CCN(C(=O)O)CC2)cc1. The number of amides is 9. The molecule has 2 aliphatic heterocycles. The molecule has 1 saturated heterocycles. The maximum Gasteiger partial charge on any atom is 0.410 e. The third-order valence-electron chi connectivity index (χ3n) is 8.14. The predicted molar refractivity (Wildman–Crippen MR) is 182 cm³/mol. The molecule has 0 aromatic heterocycles. The summed E-state index contributed by atoms with van der Waals surface area (Å²) in [5.74, 6) is -4.24. The number of carbonyl (C=O) groups excluding carboxylic acids is 8. The van der Waals surface area contributed by atoms with Gasteiger partial charge in [-0.25, -0.2) is 9.59 Å². The quantitative estimate of drug-likeness (QED) is 0.0872. The normalized spacial score (nSPS) is 15.7. The zero-order chi connectivity index (χ0) is 38.4. The van der Waals surface area contributed by atoms with Crippen molar-refractivity contribution in [3.8, 4) is 0 Å². The first-order valence-corrected chi connectivity index (χ1v) is 16.7. The first-order chi connectivity index (χ1) is 24.6. The lowest BCUT2D eigenvalue weighted by Gasteiger charge is -2.32. The molecule has 282 valence electrons. The first kappa shape index (κ1) is 40.4. The summed E-state index contributed by atoms with van der Waals surface area (Å²) in [6.07, 6.45) is 1.88. The van der Waals surface area contributed by atoms with Crippen LogP contribution in [0.15, 0.2) is 36.4 Å². The maximum absolute atomic E-state index is 13.0. The summed E-state index contributed by atoms with van der Waals surface area (Å²) in [6.45, 7) is 3.73. The van der Waals surface area contributed by atoms with Gasteiger partial charge in [0.25, 0.3) is 11.8 Å². The van der Waals surface area contributed by atoms with Crippen LogP contribution in [0, 0.1) is 0 Å². The van der Waals surface area contributed by atoms with Crippen LogP contribution in [0.5, 0.6) is 0 Å². The smallest absolute Gasteiger partial charge is 0.410 e. The molecule has 2 aliphatic rings. The number of nitrogens with zero attached hydrogens (tertiary/aromatic N) is 3. The number of primary amides is 1. The van der Waals surface area contributed by atoms with Crippen LogP contribution in [-0.2, 0) is 44.9 Å². The van der Waals surface area contributed by atoms with Gasteiger partial charge in [0, 0.05) is 57.0 Å². The Balaban J connectivity index is 1.40. The second kappa shape index (κ2) is 19.4. The van der Waals surface area contributed by atoms with E-state index in [1.54, 1.807) is 12.1 Å². The van der Waals surface area contributed by atoms with E-state index in [-0.39, 0.29) is 57.6 Å². The molecule has 19 nitrogen and oxygen atoms in total. The van der Waals surface area contributed by atoms with E-state index in [0.29, 0.717) is 30.5 Å². The van der Waals surface area contributed by atoms with Crippen molar-refractivity contribution < 1.29 is 53.0 Å². The molecule has 1 fully saturated rings. The van der Waals surface area contributed by atoms with Crippen molar-refractivity contribution in [1.82, 2.24) is 30.7 Å². The number of carbonyl (C=O) groups is 9. The van der Waals surface area contributed by atoms with E-state index in [4.69, 9.17) is 15.6 Å². The molecule has 52 heavy (non-hydrogen) atoms. The number of benzene rings is 1. The van der Waals surface area contributed by atoms with E-state index in [9.17, 15) is 43.2 Å². The van der Waals surface area contributed by atoms with Gasteiger partial charge in [-0.1, -0.05) is 18.6 Å². The van der Waals surface area contributed by atoms with E-state index < -0.39 is 66.3 Å². The van der Waals surface area contributed by atoms with E-state index in [1.165, 1.54) is 47.9 Å². The predicted octanol–water partition coefficient (Wildman–Crippen LogP) is -0.588. The van der Waals surface area contributed by atoms with Crippen LogP contribution < -0.4 is 27.0 Å². The molecule has 9 amide bonds. The lowest BCUT2D eigenvalue weighted by Crippen LogP contribution is -2.55. The van der Waals surface area contributed by atoms with Gasteiger partial charge in [-0.05, 0) is 44.4 Å². The van der Waals surface area contributed by atoms with Crippen LogP contribution in [0.3, 0.4) is 0 Å². The van der Waals surface area contributed by atoms with Crippen molar-refractivity contribution in [3.05, 3.63) is 42.0 Å². The summed E-state index contributed by atoms with van der Waals surface area (Å²) in [7, 11) is 0. The summed E-state index contributed by atoms with van der Waals surface area (Å²) in [6, 6.07) is 2.66. The van der Waals surface area contributed by atoms with Gasteiger partial charge in [-0.3, -0.25) is 38.5 Å². The Kier molecular flexibility index (Phi) is 15.1. The van der Waals surface area contributed by atoms with Crippen molar-refractivity contribution in [1.29, 1.82) is 0 Å². The van der Waals surface area contributed by atoms with Gasteiger partial charge in [0.1, 0.15) is 24.7 Å². The van der Waals surface area contributed by atoms with Crippen molar-refractivity contribution in [2.45, 2.75) is 70.7 Å². The van der Waals surface area contributed by atoms with Gasteiger partial charge >= 0.3 is 12.2 Å². The molecule has 0 aliphatic carbocycles. The summed E-state index contributed by atoms with van der Waals surface area (Å²) in [5, 5.41) is 19.0.